The molecule has 1 heterocycles. The Balaban J connectivity index is 1.53. The van der Waals surface area contributed by atoms with Crippen LogP contribution < -0.4 is 43.4 Å². The molecule has 0 fully saturated rings. The number of amides is 5. The van der Waals surface area contributed by atoms with Crippen LogP contribution >= 0.6 is 0 Å². The van der Waals surface area contributed by atoms with Crippen LogP contribution in [0.15, 0.2) is 85.3 Å². The van der Waals surface area contributed by atoms with Gasteiger partial charge in [0.2, 0.25) is 29.5 Å². The molecule has 0 bridgehead atoms. The number of hydrogen-bond donors (Lipinski definition) is 10. The molecule has 59 heavy (non-hydrogen) atoms. The third kappa shape index (κ3) is 15.7. The van der Waals surface area contributed by atoms with Gasteiger partial charge in [0.05, 0.1) is 18.4 Å². The summed E-state index contributed by atoms with van der Waals surface area (Å²) in [5, 5.41) is 26.0. The van der Waals surface area contributed by atoms with Crippen molar-refractivity contribution in [2.45, 2.75) is 82.0 Å². The fourth-order valence-corrected chi connectivity index (χ4v) is 6.38. The summed E-state index contributed by atoms with van der Waals surface area (Å²) in [6.45, 7) is 1.11. The lowest BCUT2D eigenvalue weighted by Gasteiger charge is -2.26. The van der Waals surface area contributed by atoms with Crippen LogP contribution in [-0.2, 0) is 48.0 Å². The molecule has 12 N–H and O–H groups in total. The third-order valence-electron chi connectivity index (χ3n) is 9.47. The summed E-state index contributed by atoms with van der Waals surface area (Å²) >= 11 is 0. The first-order valence-electron chi connectivity index (χ1n) is 19.7. The normalized spacial score (nSPS) is 12.9. The van der Waals surface area contributed by atoms with Crippen LogP contribution in [0.1, 0.15) is 55.3 Å². The number of nitrogens with one attached hydrogen (secondary N) is 8. The minimum atomic E-state index is -1.27. The summed E-state index contributed by atoms with van der Waals surface area (Å²) in [5.74, 6) is -3.16. The molecule has 0 aliphatic carbocycles. The number of nitrogens with zero attached hydrogens (tertiary/aromatic N) is 1. The molecule has 0 spiro atoms. The van der Waals surface area contributed by atoms with E-state index < -0.39 is 53.7 Å². The second kappa shape index (κ2) is 24.2. The van der Waals surface area contributed by atoms with Crippen molar-refractivity contribution in [3.05, 3.63) is 102 Å². The molecular weight excluding hydrogens is 755 g/mol. The molecule has 4 atom stereocenters. The van der Waals surface area contributed by atoms with E-state index in [-0.39, 0.29) is 44.5 Å². The number of nitrogens with two attached hydrogens (primary N) is 2. The van der Waals surface area contributed by atoms with E-state index in [1.165, 1.54) is 6.33 Å². The highest BCUT2D eigenvalue weighted by Crippen LogP contribution is 2.16. The Kier molecular flexibility index (Phi) is 18.5. The zero-order valence-corrected chi connectivity index (χ0v) is 33.0. The molecule has 0 aliphatic heterocycles. The van der Waals surface area contributed by atoms with Crippen molar-refractivity contribution in [2.24, 2.45) is 11.5 Å². The number of fused-ring (bicyclic) bond motifs is 1. The van der Waals surface area contributed by atoms with Crippen LogP contribution in [0.2, 0.25) is 0 Å². The van der Waals surface area contributed by atoms with Crippen molar-refractivity contribution < 1.29 is 28.8 Å². The number of aromatic amines is 1. The number of aldehydes is 1. The number of carbonyl (C=O) groups is 6. The Morgan fingerprint density at radius 1 is 0.695 bits per heavy atom. The van der Waals surface area contributed by atoms with Gasteiger partial charge in [0.1, 0.15) is 30.5 Å². The molecule has 0 radical (unpaired) electrons. The Bertz CT molecular complexity index is 1990. The molecule has 314 valence electrons. The molecule has 3 aromatic carbocycles. The van der Waals surface area contributed by atoms with Gasteiger partial charge in [-0.15, -0.1) is 0 Å². The third-order valence-corrected chi connectivity index (χ3v) is 9.47. The van der Waals surface area contributed by atoms with E-state index in [1.54, 1.807) is 30.5 Å². The van der Waals surface area contributed by atoms with Crippen molar-refractivity contribution in [3.8, 4) is 0 Å². The van der Waals surface area contributed by atoms with E-state index >= 15 is 0 Å². The van der Waals surface area contributed by atoms with E-state index in [4.69, 9.17) is 16.9 Å². The largest absolute Gasteiger partial charge is 0.370 e. The van der Waals surface area contributed by atoms with Gasteiger partial charge in [0, 0.05) is 38.5 Å². The van der Waals surface area contributed by atoms with E-state index in [0.717, 1.165) is 21.9 Å². The average Bonchev–Trinajstić information content (AvgIpc) is 3.75. The van der Waals surface area contributed by atoms with Crippen LogP contribution in [0.25, 0.3) is 10.8 Å². The van der Waals surface area contributed by atoms with Gasteiger partial charge < -0.3 is 53.1 Å². The minimum absolute atomic E-state index is 0.0216. The highest BCUT2D eigenvalue weighted by molar-refractivity contribution is 5.96. The molecule has 5 amide bonds. The van der Waals surface area contributed by atoms with Crippen molar-refractivity contribution in [1.29, 1.82) is 5.41 Å². The van der Waals surface area contributed by atoms with Crippen LogP contribution in [0.3, 0.4) is 0 Å². The highest BCUT2D eigenvalue weighted by Gasteiger charge is 2.32. The van der Waals surface area contributed by atoms with Crippen molar-refractivity contribution in [2.75, 3.05) is 19.6 Å². The lowest BCUT2D eigenvalue weighted by atomic mass is 10.0. The number of imidazole rings is 1. The molecule has 0 saturated carbocycles. The summed E-state index contributed by atoms with van der Waals surface area (Å²) in [5.41, 5.74) is 12.9. The predicted molar refractivity (Wildman–Crippen MR) is 224 cm³/mol. The first-order chi connectivity index (χ1) is 28.6. The lowest BCUT2D eigenvalue weighted by molar-refractivity contribution is -0.134. The second-order valence-electron chi connectivity index (χ2n) is 14.1. The number of rotatable bonds is 25. The summed E-state index contributed by atoms with van der Waals surface area (Å²) < 4.78 is 0. The maximum absolute atomic E-state index is 14.2. The number of guanidine groups is 1. The van der Waals surface area contributed by atoms with Crippen molar-refractivity contribution >= 4 is 52.6 Å². The van der Waals surface area contributed by atoms with E-state index in [2.05, 4.69) is 41.9 Å². The van der Waals surface area contributed by atoms with Crippen LogP contribution in [0.4, 0.5) is 0 Å². The first kappa shape index (κ1) is 45.1. The van der Waals surface area contributed by atoms with Crippen molar-refractivity contribution in [3.63, 3.8) is 0 Å². The van der Waals surface area contributed by atoms with Crippen LogP contribution in [0.5, 0.6) is 0 Å². The standard InChI is InChI=1S/C42H55N11O6/c43-18-6-7-19-47-38(56)33(14-8-20-48-42(44)45)51-40(58)35(23-28-10-2-1-3-11-28)52-41(59)36(25-32-26-46-27-49-32)53-39(57)34(15-9-21-54)50-37(55)24-29-16-17-30-12-4-5-13-31(30)22-29/h1-5,10-13,16-17,21-22,26-27,33-36H,6-9,14-15,18-20,23-25,43H2,(H,46,49)(H,47,56)(H,50,55)(H,51,58)(H,52,59)(H,53,57)(H4,44,45,48)/t33-,34-,35+,36-/m0/s1. The maximum atomic E-state index is 14.2. The Labute approximate surface area is 343 Å². The monoisotopic (exact) mass is 809 g/mol. The first-order valence-corrected chi connectivity index (χ1v) is 19.7. The SMILES string of the molecule is N=C(N)NCCC[C@H](NC(=O)[C@@H](Cc1ccccc1)NC(=O)[C@H](Cc1c[nH]cn1)NC(=O)[C@H](CCC=O)NC(=O)Cc1ccc2ccccc2c1)C(=O)NCCCCN. The van der Waals surface area contributed by atoms with Crippen LogP contribution in [0, 0.1) is 5.41 Å². The molecule has 4 aromatic rings. The van der Waals surface area contributed by atoms with Gasteiger partial charge in [-0.25, -0.2) is 4.98 Å². The molecule has 4 rings (SSSR count). The smallest absolute Gasteiger partial charge is 0.243 e. The topological polar surface area (TPSA) is 279 Å². The van der Waals surface area contributed by atoms with E-state index in [0.29, 0.717) is 50.9 Å². The van der Waals surface area contributed by atoms with Gasteiger partial charge in [-0.3, -0.25) is 29.4 Å². The summed E-state index contributed by atoms with van der Waals surface area (Å²) in [7, 11) is 0. The Hall–Kier alpha value is -6.62. The highest BCUT2D eigenvalue weighted by atomic mass is 16.2. The maximum Gasteiger partial charge on any atom is 0.243 e. The molecule has 1 aromatic heterocycles. The van der Waals surface area contributed by atoms with Gasteiger partial charge in [-0.05, 0) is 60.5 Å². The van der Waals surface area contributed by atoms with Gasteiger partial charge in [-0.2, -0.15) is 0 Å². The number of carbonyl (C=O) groups excluding carboxylic acids is 6. The van der Waals surface area contributed by atoms with Crippen molar-refractivity contribution in [1.82, 2.24) is 41.9 Å². The predicted octanol–water partition coefficient (Wildman–Crippen LogP) is 0.627. The molecule has 0 saturated heterocycles. The zero-order chi connectivity index (χ0) is 42.4. The summed E-state index contributed by atoms with van der Waals surface area (Å²) in [4.78, 5) is 87.2. The molecular formula is C42H55N11O6. The number of unbranched alkanes of at least 4 members (excludes halogenated alkanes) is 1. The summed E-state index contributed by atoms with van der Waals surface area (Å²) in [6, 6.07) is 17.7. The van der Waals surface area contributed by atoms with Gasteiger partial charge in [0.15, 0.2) is 5.96 Å². The minimum Gasteiger partial charge on any atom is -0.370 e. The van der Waals surface area contributed by atoms with Gasteiger partial charge >= 0.3 is 0 Å². The van der Waals surface area contributed by atoms with Crippen LogP contribution in [-0.4, -0.2) is 95.6 Å². The van der Waals surface area contributed by atoms with Gasteiger partial charge in [-0.1, -0.05) is 72.8 Å². The zero-order valence-electron chi connectivity index (χ0n) is 33.0. The molecule has 17 nitrogen and oxygen atoms in total. The summed E-state index contributed by atoms with van der Waals surface area (Å²) in [6.07, 6.45) is 5.46. The molecule has 0 unspecified atom stereocenters. The number of hydrogen-bond acceptors (Lipinski definition) is 9. The molecule has 0 aliphatic rings. The van der Waals surface area contributed by atoms with E-state index in [9.17, 15) is 28.8 Å². The van der Waals surface area contributed by atoms with Gasteiger partial charge in [0.25, 0.3) is 0 Å². The number of aromatic nitrogens is 2. The fourth-order valence-electron chi connectivity index (χ4n) is 6.38. The Morgan fingerprint density at radius 2 is 1.34 bits per heavy atom. The lowest BCUT2D eigenvalue weighted by Crippen LogP contribution is -2.59. The number of H-pyrrole nitrogens is 1. The second-order valence-corrected chi connectivity index (χ2v) is 14.1. The quantitative estimate of drug-likeness (QED) is 0.0193. The van der Waals surface area contributed by atoms with E-state index in [1.807, 2.05) is 48.5 Å². The Morgan fingerprint density at radius 3 is 2.02 bits per heavy atom. The fraction of sp³-hybridized carbons (Fsp3) is 0.381. The molecule has 17 heteroatoms. The number of benzene rings is 3. The average molecular weight is 810 g/mol.